The first kappa shape index (κ1) is 19.1. The monoisotopic (exact) mass is 448 g/mol. The number of halogens is 2. The fourth-order valence-corrected chi connectivity index (χ4v) is 3.58. The van der Waals surface area contributed by atoms with E-state index >= 15 is 0 Å². The zero-order valence-corrected chi connectivity index (χ0v) is 16.2. The summed E-state index contributed by atoms with van der Waals surface area (Å²) in [7, 11) is -3.75. The molecule has 3 aromatic rings. The zero-order chi connectivity index (χ0) is 19.4. The lowest BCUT2D eigenvalue weighted by atomic mass is 10.2. The van der Waals surface area contributed by atoms with Crippen LogP contribution in [-0.4, -0.2) is 14.3 Å². The van der Waals surface area contributed by atoms with Crippen molar-refractivity contribution in [1.29, 1.82) is 0 Å². The molecule has 0 unspecified atom stereocenters. The van der Waals surface area contributed by atoms with Crippen LogP contribution in [0.1, 0.15) is 10.4 Å². The molecule has 0 aliphatic carbocycles. The highest BCUT2D eigenvalue weighted by atomic mass is 79.9. The number of amides is 1. The molecule has 0 aromatic heterocycles. The molecule has 0 atom stereocenters. The third-order valence-electron chi connectivity index (χ3n) is 3.63. The van der Waals surface area contributed by atoms with Crippen molar-refractivity contribution < 1.29 is 17.6 Å². The number of nitrogens with one attached hydrogen (secondary N) is 2. The van der Waals surface area contributed by atoms with Gasteiger partial charge in [0.1, 0.15) is 5.82 Å². The van der Waals surface area contributed by atoms with E-state index in [9.17, 15) is 17.6 Å². The van der Waals surface area contributed by atoms with Crippen molar-refractivity contribution in [1.82, 2.24) is 0 Å². The van der Waals surface area contributed by atoms with Crippen LogP contribution in [0.2, 0.25) is 0 Å². The summed E-state index contributed by atoms with van der Waals surface area (Å²) in [5.41, 5.74) is 1.16. The van der Waals surface area contributed by atoms with Crippen molar-refractivity contribution >= 4 is 43.2 Å². The molecular weight excluding hydrogens is 435 g/mol. The van der Waals surface area contributed by atoms with Crippen LogP contribution in [0.5, 0.6) is 0 Å². The van der Waals surface area contributed by atoms with Gasteiger partial charge < -0.3 is 5.32 Å². The molecule has 0 bridgehead atoms. The van der Waals surface area contributed by atoms with Gasteiger partial charge >= 0.3 is 0 Å². The molecule has 138 valence electrons. The van der Waals surface area contributed by atoms with E-state index in [1.165, 1.54) is 48.5 Å². The van der Waals surface area contributed by atoms with Crippen molar-refractivity contribution in [3.63, 3.8) is 0 Å². The minimum absolute atomic E-state index is 0.0604. The molecule has 0 radical (unpaired) electrons. The maximum absolute atomic E-state index is 12.9. The Morgan fingerprint density at radius 3 is 1.96 bits per heavy atom. The second kappa shape index (κ2) is 7.89. The fraction of sp³-hybridized carbons (Fsp3) is 0. The van der Waals surface area contributed by atoms with Gasteiger partial charge in [-0.3, -0.25) is 9.52 Å². The molecule has 2 N–H and O–H groups in total. The van der Waals surface area contributed by atoms with E-state index in [1.54, 1.807) is 24.3 Å². The summed E-state index contributed by atoms with van der Waals surface area (Å²) in [6.45, 7) is 0. The van der Waals surface area contributed by atoms with Crippen molar-refractivity contribution in [2.75, 3.05) is 10.0 Å². The Bertz CT molecular complexity index is 1050. The summed E-state index contributed by atoms with van der Waals surface area (Å²) in [6.07, 6.45) is 0. The highest BCUT2D eigenvalue weighted by Gasteiger charge is 2.14. The third kappa shape index (κ3) is 4.93. The second-order valence-corrected chi connectivity index (χ2v) is 8.20. The standard InChI is InChI=1S/C19H14BrFN2O3S/c20-14-3-7-17(8-4-14)23-27(25,26)18-11-9-16(10-12-18)22-19(24)13-1-5-15(21)6-2-13/h1-12,23H,(H,22,24). The normalized spacial score (nSPS) is 11.0. The molecule has 8 heteroatoms. The number of hydrogen-bond donors (Lipinski definition) is 2. The molecular formula is C19H14BrFN2O3S. The highest BCUT2D eigenvalue weighted by Crippen LogP contribution is 2.20. The van der Waals surface area contributed by atoms with E-state index in [4.69, 9.17) is 0 Å². The molecule has 0 spiro atoms. The van der Waals surface area contributed by atoms with Crippen molar-refractivity contribution in [3.05, 3.63) is 88.6 Å². The van der Waals surface area contributed by atoms with Gasteiger partial charge in [-0.15, -0.1) is 0 Å². The van der Waals surface area contributed by atoms with Gasteiger partial charge in [0.2, 0.25) is 0 Å². The van der Waals surface area contributed by atoms with Gasteiger partial charge in [0.15, 0.2) is 0 Å². The lowest BCUT2D eigenvalue weighted by molar-refractivity contribution is 0.102. The van der Waals surface area contributed by atoms with Gasteiger partial charge in [0.05, 0.1) is 4.90 Å². The summed E-state index contributed by atoms with van der Waals surface area (Å²) in [4.78, 5) is 12.2. The van der Waals surface area contributed by atoms with Gasteiger partial charge in [-0.1, -0.05) is 15.9 Å². The number of carbonyl (C=O) groups is 1. The average Bonchev–Trinajstić information content (AvgIpc) is 2.64. The molecule has 1 amide bonds. The molecule has 27 heavy (non-hydrogen) atoms. The van der Waals surface area contributed by atoms with Crippen LogP contribution >= 0.6 is 15.9 Å². The Labute approximate surface area is 164 Å². The minimum Gasteiger partial charge on any atom is -0.322 e. The second-order valence-electron chi connectivity index (χ2n) is 5.60. The molecule has 0 saturated carbocycles. The topological polar surface area (TPSA) is 75.3 Å². The summed E-state index contributed by atoms with van der Waals surface area (Å²) in [6, 6.07) is 17.6. The van der Waals surface area contributed by atoms with E-state index in [0.29, 0.717) is 16.9 Å². The van der Waals surface area contributed by atoms with Crippen LogP contribution in [0, 0.1) is 5.82 Å². The highest BCUT2D eigenvalue weighted by molar-refractivity contribution is 9.10. The number of benzene rings is 3. The van der Waals surface area contributed by atoms with Crippen LogP contribution < -0.4 is 10.0 Å². The van der Waals surface area contributed by atoms with E-state index in [-0.39, 0.29) is 4.90 Å². The predicted octanol–water partition coefficient (Wildman–Crippen LogP) is 4.64. The number of carbonyl (C=O) groups excluding carboxylic acids is 1. The van der Waals surface area contributed by atoms with Crippen LogP contribution in [0.25, 0.3) is 0 Å². The van der Waals surface area contributed by atoms with E-state index < -0.39 is 21.7 Å². The smallest absolute Gasteiger partial charge is 0.261 e. The van der Waals surface area contributed by atoms with Crippen molar-refractivity contribution in [2.45, 2.75) is 4.90 Å². The number of anilines is 2. The first-order valence-electron chi connectivity index (χ1n) is 7.79. The summed E-state index contributed by atoms with van der Waals surface area (Å²) in [5, 5.41) is 2.63. The molecule has 0 saturated heterocycles. The SMILES string of the molecule is O=C(Nc1ccc(S(=O)(=O)Nc2ccc(Br)cc2)cc1)c1ccc(F)cc1. The largest absolute Gasteiger partial charge is 0.322 e. The van der Waals surface area contributed by atoms with Gasteiger partial charge in [-0.2, -0.15) is 0 Å². The van der Waals surface area contributed by atoms with Gasteiger partial charge in [0, 0.05) is 21.4 Å². The first-order valence-corrected chi connectivity index (χ1v) is 10.1. The number of sulfonamides is 1. The molecule has 0 aliphatic rings. The lowest BCUT2D eigenvalue weighted by Gasteiger charge is -2.10. The molecule has 0 heterocycles. The van der Waals surface area contributed by atoms with Crippen LogP contribution in [0.15, 0.2) is 82.2 Å². The lowest BCUT2D eigenvalue weighted by Crippen LogP contribution is -2.14. The Balaban J connectivity index is 1.71. The summed E-state index contributed by atoms with van der Waals surface area (Å²) < 4.78 is 41.1. The number of hydrogen-bond acceptors (Lipinski definition) is 3. The molecule has 0 aliphatic heterocycles. The van der Waals surface area contributed by atoms with Crippen LogP contribution in [0.3, 0.4) is 0 Å². The van der Waals surface area contributed by atoms with Crippen LogP contribution in [-0.2, 0) is 10.0 Å². The van der Waals surface area contributed by atoms with Crippen molar-refractivity contribution in [3.8, 4) is 0 Å². The molecule has 3 aromatic carbocycles. The van der Waals surface area contributed by atoms with E-state index in [0.717, 1.165) is 4.47 Å². The summed E-state index contributed by atoms with van der Waals surface area (Å²) >= 11 is 3.29. The van der Waals surface area contributed by atoms with Crippen molar-refractivity contribution in [2.24, 2.45) is 0 Å². The Morgan fingerprint density at radius 2 is 1.37 bits per heavy atom. The average molecular weight is 449 g/mol. The quantitative estimate of drug-likeness (QED) is 0.596. The number of rotatable bonds is 5. The fourth-order valence-electron chi connectivity index (χ4n) is 2.25. The van der Waals surface area contributed by atoms with Gasteiger partial charge in [-0.25, -0.2) is 12.8 Å². The Kier molecular flexibility index (Phi) is 5.57. The Morgan fingerprint density at radius 1 is 0.815 bits per heavy atom. The summed E-state index contributed by atoms with van der Waals surface area (Å²) in [5.74, 6) is -0.849. The van der Waals surface area contributed by atoms with Crippen LogP contribution in [0.4, 0.5) is 15.8 Å². The molecule has 3 rings (SSSR count). The van der Waals surface area contributed by atoms with Gasteiger partial charge in [0.25, 0.3) is 15.9 Å². The maximum Gasteiger partial charge on any atom is 0.261 e. The predicted molar refractivity (Wildman–Crippen MR) is 106 cm³/mol. The van der Waals surface area contributed by atoms with E-state index in [1.807, 2.05) is 0 Å². The third-order valence-corrected chi connectivity index (χ3v) is 5.55. The van der Waals surface area contributed by atoms with Gasteiger partial charge in [-0.05, 0) is 72.8 Å². The van der Waals surface area contributed by atoms with E-state index in [2.05, 4.69) is 26.0 Å². The minimum atomic E-state index is -3.75. The first-order chi connectivity index (χ1) is 12.8. The zero-order valence-electron chi connectivity index (χ0n) is 13.8. The maximum atomic E-state index is 12.9. The molecule has 5 nitrogen and oxygen atoms in total. The Hall–Kier alpha value is -2.71. The molecule has 0 fully saturated rings.